The van der Waals surface area contributed by atoms with Crippen molar-refractivity contribution in [2.45, 2.75) is 38.3 Å². The number of hydrogen-bond donors (Lipinski definition) is 2. The van der Waals surface area contributed by atoms with Gasteiger partial charge >= 0.3 is 0 Å². The minimum Gasteiger partial charge on any atom is -0.349 e. The maximum absolute atomic E-state index is 12.8. The highest BCUT2D eigenvalue weighted by molar-refractivity contribution is 5.91. The molecule has 31 heavy (non-hydrogen) atoms. The molecule has 2 N–H and O–H groups in total. The van der Waals surface area contributed by atoms with E-state index in [1.165, 1.54) is 31.2 Å². The van der Waals surface area contributed by atoms with E-state index in [2.05, 4.69) is 55.0 Å². The van der Waals surface area contributed by atoms with E-state index in [1.54, 1.807) is 10.9 Å². The SMILES string of the molecule is O=C(NC[C@@H](c1ccccc1)N1CCCCCC1)c1cn(CCN2CCNCC2)nn1. The van der Waals surface area contributed by atoms with Crippen molar-refractivity contribution < 1.29 is 4.79 Å². The number of piperazine rings is 1. The summed E-state index contributed by atoms with van der Waals surface area (Å²) in [5.41, 5.74) is 1.65. The smallest absolute Gasteiger partial charge is 0.273 e. The predicted molar refractivity (Wildman–Crippen MR) is 121 cm³/mol. The second kappa shape index (κ2) is 11.4. The van der Waals surface area contributed by atoms with E-state index in [4.69, 9.17) is 0 Å². The summed E-state index contributed by atoms with van der Waals surface area (Å²) in [5.74, 6) is -0.149. The van der Waals surface area contributed by atoms with E-state index in [9.17, 15) is 4.79 Å². The van der Waals surface area contributed by atoms with Crippen LogP contribution in [0.2, 0.25) is 0 Å². The molecule has 2 aliphatic heterocycles. The maximum atomic E-state index is 12.8. The van der Waals surface area contributed by atoms with Gasteiger partial charge in [0.25, 0.3) is 5.91 Å². The van der Waals surface area contributed by atoms with Crippen LogP contribution < -0.4 is 10.6 Å². The van der Waals surface area contributed by atoms with Gasteiger partial charge in [-0.15, -0.1) is 5.10 Å². The minimum atomic E-state index is -0.149. The van der Waals surface area contributed by atoms with Crippen molar-refractivity contribution in [3.8, 4) is 0 Å². The van der Waals surface area contributed by atoms with Crippen molar-refractivity contribution in [3.05, 3.63) is 47.8 Å². The molecule has 0 unspecified atom stereocenters. The number of carbonyl (C=O) groups excluding carboxylic acids is 1. The van der Waals surface area contributed by atoms with Gasteiger partial charge in [0.2, 0.25) is 0 Å². The van der Waals surface area contributed by atoms with E-state index in [0.29, 0.717) is 12.2 Å². The van der Waals surface area contributed by atoms with Crippen molar-refractivity contribution in [3.63, 3.8) is 0 Å². The fourth-order valence-electron chi connectivity index (χ4n) is 4.51. The zero-order valence-corrected chi connectivity index (χ0v) is 18.4. The van der Waals surface area contributed by atoms with Crippen LogP contribution in [0.5, 0.6) is 0 Å². The van der Waals surface area contributed by atoms with Gasteiger partial charge in [-0.25, -0.2) is 0 Å². The third-order valence-electron chi connectivity index (χ3n) is 6.35. The Kier molecular flexibility index (Phi) is 8.04. The average Bonchev–Trinajstić information content (AvgIpc) is 3.14. The predicted octanol–water partition coefficient (Wildman–Crippen LogP) is 1.53. The number of likely N-dealkylation sites (tertiary alicyclic amines) is 1. The first kappa shape index (κ1) is 21.9. The van der Waals surface area contributed by atoms with Gasteiger partial charge in [-0.05, 0) is 31.5 Å². The summed E-state index contributed by atoms with van der Waals surface area (Å²) in [6.45, 7) is 8.59. The second-order valence-corrected chi connectivity index (χ2v) is 8.55. The van der Waals surface area contributed by atoms with Crippen LogP contribution in [0, 0.1) is 0 Å². The van der Waals surface area contributed by atoms with Gasteiger partial charge in [0.1, 0.15) is 0 Å². The summed E-state index contributed by atoms with van der Waals surface area (Å²) in [7, 11) is 0. The topological polar surface area (TPSA) is 78.3 Å². The Morgan fingerprint density at radius 2 is 1.74 bits per heavy atom. The largest absolute Gasteiger partial charge is 0.349 e. The molecule has 0 aliphatic carbocycles. The Morgan fingerprint density at radius 1 is 1.00 bits per heavy atom. The average molecular weight is 426 g/mol. The van der Waals surface area contributed by atoms with Crippen LogP contribution in [0.15, 0.2) is 36.5 Å². The van der Waals surface area contributed by atoms with E-state index in [-0.39, 0.29) is 11.9 Å². The Morgan fingerprint density at radius 3 is 2.48 bits per heavy atom. The summed E-state index contributed by atoms with van der Waals surface area (Å²) < 4.78 is 1.78. The molecule has 8 nitrogen and oxygen atoms in total. The second-order valence-electron chi connectivity index (χ2n) is 8.55. The molecule has 8 heteroatoms. The molecule has 0 radical (unpaired) electrons. The Balaban J connectivity index is 1.33. The van der Waals surface area contributed by atoms with E-state index in [0.717, 1.165) is 52.4 Å². The fourth-order valence-corrected chi connectivity index (χ4v) is 4.51. The zero-order valence-electron chi connectivity index (χ0n) is 18.4. The summed E-state index contributed by atoms with van der Waals surface area (Å²) in [5, 5.41) is 14.8. The van der Waals surface area contributed by atoms with Gasteiger partial charge in [0.15, 0.2) is 5.69 Å². The molecular formula is C23H35N7O. The quantitative estimate of drug-likeness (QED) is 0.668. The van der Waals surface area contributed by atoms with Gasteiger partial charge in [0.05, 0.1) is 18.8 Å². The molecule has 1 amide bonds. The van der Waals surface area contributed by atoms with Crippen LogP contribution >= 0.6 is 0 Å². The highest BCUT2D eigenvalue weighted by Crippen LogP contribution is 2.23. The first-order valence-electron chi connectivity index (χ1n) is 11.7. The number of hydrogen-bond acceptors (Lipinski definition) is 6. The highest BCUT2D eigenvalue weighted by Gasteiger charge is 2.23. The van der Waals surface area contributed by atoms with Crippen LogP contribution in [-0.4, -0.2) is 83.1 Å². The molecular weight excluding hydrogens is 390 g/mol. The van der Waals surface area contributed by atoms with Crippen LogP contribution in [0.25, 0.3) is 0 Å². The first-order valence-corrected chi connectivity index (χ1v) is 11.7. The lowest BCUT2D eigenvalue weighted by Crippen LogP contribution is -2.44. The van der Waals surface area contributed by atoms with Crippen LogP contribution in [0.3, 0.4) is 0 Å². The van der Waals surface area contributed by atoms with Crippen molar-refractivity contribution >= 4 is 5.91 Å². The number of rotatable bonds is 8. The van der Waals surface area contributed by atoms with E-state index < -0.39 is 0 Å². The number of nitrogens with one attached hydrogen (secondary N) is 2. The number of amides is 1. The lowest BCUT2D eigenvalue weighted by molar-refractivity contribution is 0.0928. The molecule has 4 rings (SSSR count). The molecule has 1 atom stereocenters. The fraction of sp³-hybridized carbons (Fsp3) is 0.609. The molecule has 1 aromatic heterocycles. The van der Waals surface area contributed by atoms with Gasteiger partial charge < -0.3 is 10.6 Å². The van der Waals surface area contributed by atoms with Gasteiger partial charge in [0, 0.05) is 39.3 Å². The third kappa shape index (κ3) is 6.35. The molecule has 2 aliphatic rings. The van der Waals surface area contributed by atoms with Crippen LogP contribution in [0.1, 0.15) is 47.8 Å². The summed E-state index contributed by atoms with van der Waals surface area (Å²) in [6, 6.07) is 10.7. The molecule has 2 saturated heterocycles. The lowest BCUT2D eigenvalue weighted by Gasteiger charge is -2.31. The molecule has 2 aromatic rings. The monoisotopic (exact) mass is 425 g/mol. The summed E-state index contributed by atoms with van der Waals surface area (Å²) in [4.78, 5) is 17.7. The molecule has 0 bridgehead atoms. The zero-order chi connectivity index (χ0) is 21.3. The van der Waals surface area contributed by atoms with Gasteiger partial charge in [-0.3, -0.25) is 19.3 Å². The molecule has 0 spiro atoms. The van der Waals surface area contributed by atoms with E-state index in [1.807, 2.05) is 6.07 Å². The summed E-state index contributed by atoms with van der Waals surface area (Å²) in [6.07, 6.45) is 6.79. The van der Waals surface area contributed by atoms with Crippen molar-refractivity contribution in [1.82, 2.24) is 35.4 Å². The Labute approximate surface area is 185 Å². The lowest BCUT2D eigenvalue weighted by atomic mass is 10.0. The minimum absolute atomic E-state index is 0.149. The van der Waals surface area contributed by atoms with Gasteiger partial charge in [-0.1, -0.05) is 48.4 Å². The van der Waals surface area contributed by atoms with Crippen molar-refractivity contribution in [1.29, 1.82) is 0 Å². The molecule has 2 fully saturated rings. The van der Waals surface area contributed by atoms with Crippen molar-refractivity contribution in [2.75, 3.05) is 52.4 Å². The molecule has 0 saturated carbocycles. The number of nitrogens with zero attached hydrogens (tertiary/aromatic N) is 5. The highest BCUT2D eigenvalue weighted by atomic mass is 16.2. The molecule has 1 aromatic carbocycles. The maximum Gasteiger partial charge on any atom is 0.273 e. The third-order valence-corrected chi connectivity index (χ3v) is 6.35. The number of carbonyl (C=O) groups is 1. The standard InChI is InChI=1S/C23H35N7O/c31-23(21-19-30(27-26-21)17-16-28-14-10-24-11-15-28)25-18-22(20-8-4-3-5-9-20)29-12-6-1-2-7-13-29/h3-5,8-9,19,22,24H,1-2,6-7,10-18H2,(H,25,31)/t22-/m0/s1. The van der Waals surface area contributed by atoms with E-state index >= 15 is 0 Å². The van der Waals surface area contributed by atoms with Crippen LogP contribution in [0.4, 0.5) is 0 Å². The first-order chi connectivity index (χ1) is 15.3. The molecule has 3 heterocycles. The van der Waals surface area contributed by atoms with Gasteiger partial charge in [-0.2, -0.15) is 0 Å². The van der Waals surface area contributed by atoms with Crippen LogP contribution in [-0.2, 0) is 6.54 Å². The summed E-state index contributed by atoms with van der Waals surface area (Å²) >= 11 is 0. The Bertz CT molecular complexity index is 795. The number of benzene rings is 1. The normalized spacial score (nSPS) is 19.6. The Hall–Kier alpha value is -2.29. The number of aromatic nitrogens is 3. The molecule has 168 valence electrons. The van der Waals surface area contributed by atoms with Crippen molar-refractivity contribution in [2.24, 2.45) is 0 Å².